The molecule has 22 heavy (non-hydrogen) atoms. The van der Waals surface area contributed by atoms with Gasteiger partial charge in [-0.2, -0.15) is 0 Å². The molecule has 2 amide bonds. The zero-order valence-electron chi connectivity index (χ0n) is 13.1. The summed E-state index contributed by atoms with van der Waals surface area (Å²) >= 11 is 3.91. The van der Waals surface area contributed by atoms with Gasteiger partial charge in [0.1, 0.15) is 0 Å². The van der Waals surface area contributed by atoms with Crippen LogP contribution in [0.4, 0.5) is 0 Å². The number of methoxy groups -OCH3 is 1. The molecule has 124 valence electrons. The van der Waals surface area contributed by atoms with Gasteiger partial charge in [-0.1, -0.05) is 15.9 Å². The highest BCUT2D eigenvalue weighted by molar-refractivity contribution is 9.10. The second-order valence-corrected chi connectivity index (χ2v) is 9.10. The van der Waals surface area contributed by atoms with Crippen molar-refractivity contribution in [3.8, 4) is 0 Å². The molecule has 4 fully saturated rings. The molecule has 6 heteroatoms. The molecule has 0 spiro atoms. The molecule has 0 aliphatic heterocycles. The number of hydrogen-bond donors (Lipinski definition) is 2. The Labute approximate surface area is 140 Å². The topological polar surface area (TPSA) is 67.4 Å². The summed E-state index contributed by atoms with van der Waals surface area (Å²) in [4.78, 5) is 24.5. The Morgan fingerprint density at radius 3 is 2.45 bits per heavy atom. The summed E-state index contributed by atoms with van der Waals surface area (Å²) in [5, 5.41) is 5.60. The fourth-order valence-corrected chi connectivity index (χ4v) is 6.57. The van der Waals surface area contributed by atoms with E-state index in [9.17, 15) is 9.59 Å². The van der Waals surface area contributed by atoms with E-state index in [-0.39, 0.29) is 28.1 Å². The minimum Gasteiger partial charge on any atom is -0.383 e. The van der Waals surface area contributed by atoms with Crippen molar-refractivity contribution in [1.82, 2.24) is 10.6 Å². The summed E-state index contributed by atoms with van der Waals surface area (Å²) in [6.07, 6.45) is 6.60. The van der Waals surface area contributed by atoms with Gasteiger partial charge >= 0.3 is 0 Å². The van der Waals surface area contributed by atoms with Crippen molar-refractivity contribution in [2.24, 2.45) is 17.3 Å². The predicted octanol–water partition coefficient (Wildman–Crippen LogP) is 1.60. The first-order chi connectivity index (χ1) is 10.4. The zero-order valence-corrected chi connectivity index (χ0v) is 14.7. The summed E-state index contributed by atoms with van der Waals surface area (Å²) < 4.78 is 5.05. The number of carbonyl (C=O) groups excluding carboxylic acids is 2. The molecule has 0 aromatic heterocycles. The maximum absolute atomic E-state index is 12.7. The Hall–Kier alpha value is -0.620. The number of hydrogen-bond acceptors (Lipinski definition) is 3. The molecular formula is C16H25BrN2O3. The molecule has 0 radical (unpaired) electrons. The zero-order chi connectivity index (χ0) is 15.8. The highest BCUT2D eigenvalue weighted by atomic mass is 79.9. The van der Waals surface area contributed by atoms with Crippen LogP contribution in [0, 0.1) is 17.3 Å². The smallest absolute Gasteiger partial charge is 0.239 e. The van der Waals surface area contributed by atoms with Crippen molar-refractivity contribution in [1.29, 1.82) is 0 Å². The van der Waals surface area contributed by atoms with Gasteiger partial charge in [-0.15, -0.1) is 0 Å². The number of carbonyl (C=O) groups is 2. The average Bonchev–Trinajstić information content (AvgIpc) is 2.42. The van der Waals surface area contributed by atoms with Crippen molar-refractivity contribution in [2.45, 2.75) is 42.8 Å². The fraction of sp³-hybridized carbons (Fsp3) is 0.875. The van der Waals surface area contributed by atoms with E-state index in [1.165, 1.54) is 19.3 Å². The van der Waals surface area contributed by atoms with Crippen molar-refractivity contribution >= 4 is 27.7 Å². The van der Waals surface area contributed by atoms with Crippen LogP contribution in [0.25, 0.3) is 0 Å². The normalized spacial score (nSPS) is 38.8. The van der Waals surface area contributed by atoms with Gasteiger partial charge in [-0.25, -0.2) is 0 Å². The van der Waals surface area contributed by atoms with Crippen LogP contribution in [0.1, 0.15) is 38.5 Å². The standard InChI is InChI=1S/C16H25BrN2O3/c1-22-3-2-18-13(20)9-19-14(21)15-5-11-4-12(6-15)8-16(17,7-11)10-15/h11-12H,2-10H2,1H3,(H,18,20)(H,19,21). The molecule has 4 bridgehead atoms. The van der Waals surface area contributed by atoms with Gasteiger partial charge in [0.2, 0.25) is 11.8 Å². The Morgan fingerprint density at radius 2 is 1.86 bits per heavy atom. The molecule has 5 nitrogen and oxygen atoms in total. The van der Waals surface area contributed by atoms with Crippen molar-refractivity contribution < 1.29 is 14.3 Å². The van der Waals surface area contributed by atoms with Crippen LogP contribution in [0.2, 0.25) is 0 Å². The molecule has 2 N–H and O–H groups in total. The molecule has 0 saturated heterocycles. The maximum atomic E-state index is 12.7. The van der Waals surface area contributed by atoms with E-state index in [1.807, 2.05) is 0 Å². The van der Waals surface area contributed by atoms with E-state index in [2.05, 4.69) is 26.6 Å². The SMILES string of the molecule is COCCNC(=O)CNC(=O)C12CC3CC(CC(Br)(C3)C1)C2. The molecule has 0 heterocycles. The Morgan fingerprint density at radius 1 is 1.18 bits per heavy atom. The van der Waals surface area contributed by atoms with Crippen LogP contribution < -0.4 is 10.6 Å². The summed E-state index contributed by atoms with van der Waals surface area (Å²) in [5.74, 6) is 1.26. The van der Waals surface area contributed by atoms with Crippen LogP contribution in [0.15, 0.2) is 0 Å². The van der Waals surface area contributed by atoms with Crippen LogP contribution in [0.5, 0.6) is 0 Å². The summed E-state index contributed by atoms with van der Waals surface area (Å²) in [6, 6.07) is 0. The predicted molar refractivity (Wildman–Crippen MR) is 86.7 cm³/mol. The molecule has 2 atom stereocenters. The van der Waals surface area contributed by atoms with E-state index in [0.717, 1.165) is 19.3 Å². The first-order valence-corrected chi connectivity index (χ1v) is 8.97. The van der Waals surface area contributed by atoms with E-state index in [4.69, 9.17) is 4.74 Å². The Kier molecular flexibility index (Phi) is 4.52. The summed E-state index contributed by atoms with van der Waals surface area (Å²) in [7, 11) is 1.59. The molecule has 0 aromatic carbocycles. The largest absolute Gasteiger partial charge is 0.383 e. The van der Waals surface area contributed by atoms with Crippen molar-refractivity contribution in [3.05, 3.63) is 0 Å². The lowest BCUT2D eigenvalue weighted by Crippen LogP contribution is -2.58. The van der Waals surface area contributed by atoms with E-state index < -0.39 is 0 Å². The van der Waals surface area contributed by atoms with E-state index in [1.54, 1.807) is 7.11 Å². The van der Waals surface area contributed by atoms with Crippen molar-refractivity contribution in [3.63, 3.8) is 0 Å². The van der Waals surface area contributed by atoms with E-state index in [0.29, 0.717) is 25.0 Å². The molecule has 2 unspecified atom stereocenters. The fourth-order valence-electron chi connectivity index (χ4n) is 5.12. The number of alkyl halides is 1. The second kappa shape index (κ2) is 6.11. The quantitative estimate of drug-likeness (QED) is 0.549. The number of rotatable bonds is 6. The maximum Gasteiger partial charge on any atom is 0.239 e. The van der Waals surface area contributed by atoms with Crippen LogP contribution in [-0.4, -0.2) is 42.9 Å². The third-order valence-corrected chi connectivity index (χ3v) is 6.44. The van der Waals surface area contributed by atoms with E-state index >= 15 is 0 Å². The number of amides is 2. The van der Waals surface area contributed by atoms with Crippen molar-refractivity contribution in [2.75, 3.05) is 26.8 Å². The van der Waals surface area contributed by atoms with Gasteiger partial charge in [0.05, 0.1) is 18.6 Å². The summed E-state index contributed by atoms with van der Waals surface area (Å²) in [6.45, 7) is 1.03. The monoisotopic (exact) mass is 372 g/mol. The second-order valence-electron chi connectivity index (χ2n) is 7.42. The third-order valence-electron chi connectivity index (χ3n) is 5.51. The van der Waals surface area contributed by atoms with Crippen LogP contribution in [0.3, 0.4) is 0 Å². The Bertz CT molecular complexity index is 454. The minimum absolute atomic E-state index is 0.0644. The third kappa shape index (κ3) is 3.18. The average molecular weight is 373 g/mol. The first-order valence-electron chi connectivity index (χ1n) is 8.18. The number of ether oxygens (including phenoxy) is 1. The molecule has 4 saturated carbocycles. The molecule has 0 aromatic rings. The Balaban J connectivity index is 1.55. The lowest BCUT2D eigenvalue weighted by molar-refractivity contribution is -0.145. The molecule has 4 rings (SSSR count). The van der Waals surface area contributed by atoms with Crippen LogP contribution in [-0.2, 0) is 14.3 Å². The number of nitrogens with one attached hydrogen (secondary N) is 2. The highest BCUT2D eigenvalue weighted by Gasteiger charge is 2.59. The summed E-state index contributed by atoms with van der Waals surface area (Å²) in [5.41, 5.74) is -0.250. The van der Waals surface area contributed by atoms with Crippen LogP contribution >= 0.6 is 15.9 Å². The minimum atomic E-state index is -0.250. The highest BCUT2D eigenvalue weighted by Crippen LogP contribution is 2.64. The molecule has 4 aliphatic carbocycles. The van der Waals surface area contributed by atoms with Gasteiger partial charge in [-0.3, -0.25) is 9.59 Å². The van der Waals surface area contributed by atoms with Gasteiger partial charge in [0.15, 0.2) is 0 Å². The molecule has 4 aliphatic rings. The lowest BCUT2D eigenvalue weighted by Gasteiger charge is -2.59. The number of halogens is 1. The molecular weight excluding hydrogens is 348 g/mol. The van der Waals surface area contributed by atoms with Gasteiger partial charge in [0.25, 0.3) is 0 Å². The van der Waals surface area contributed by atoms with Gasteiger partial charge < -0.3 is 15.4 Å². The first kappa shape index (κ1) is 16.2. The van der Waals surface area contributed by atoms with Gasteiger partial charge in [-0.05, 0) is 50.4 Å². The lowest BCUT2D eigenvalue weighted by atomic mass is 9.49. The van der Waals surface area contributed by atoms with Gasteiger partial charge in [0, 0.05) is 18.0 Å².